The van der Waals surface area contributed by atoms with Crippen molar-refractivity contribution in [3.8, 4) is 0 Å². The minimum atomic E-state index is -0.207. The first kappa shape index (κ1) is 14.4. The fraction of sp³-hybridized carbons (Fsp3) is 0.211. The summed E-state index contributed by atoms with van der Waals surface area (Å²) < 4.78 is 5.76. The molecule has 3 heteroatoms. The van der Waals surface area contributed by atoms with Crippen LogP contribution in [0.5, 0.6) is 0 Å². The summed E-state index contributed by atoms with van der Waals surface area (Å²) in [7, 11) is 0. The number of rotatable bonds is 3. The van der Waals surface area contributed by atoms with E-state index in [4.69, 9.17) is 4.42 Å². The molecule has 3 nitrogen and oxygen atoms in total. The lowest BCUT2D eigenvalue weighted by atomic mass is 10.1. The van der Waals surface area contributed by atoms with Crippen LogP contribution in [0.4, 0.5) is 5.69 Å². The van der Waals surface area contributed by atoms with E-state index in [1.54, 1.807) is 0 Å². The number of furan rings is 1. The molecule has 0 saturated carbocycles. The van der Waals surface area contributed by atoms with Crippen LogP contribution in [0.1, 0.15) is 34.2 Å². The molecule has 0 aliphatic heterocycles. The van der Waals surface area contributed by atoms with E-state index in [2.05, 4.69) is 18.3 Å². The fourth-order valence-corrected chi connectivity index (χ4v) is 2.60. The average Bonchev–Trinajstić information content (AvgIpc) is 2.86. The number of carbonyl (C=O) groups is 1. The van der Waals surface area contributed by atoms with Crippen LogP contribution in [-0.4, -0.2) is 5.91 Å². The Balaban J connectivity index is 1.97. The summed E-state index contributed by atoms with van der Waals surface area (Å²) in [4.78, 5) is 12.5. The molecule has 0 bridgehead atoms. The van der Waals surface area contributed by atoms with Crippen LogP contribution in [0.15, 0.2) is 46.9 Å². The van der Waals surface area contributed by atoms with E-state index in [9.17, 15) is 4.79 Å². The van der Waals surface area contributed by atoms with Crippen molar-refractivity contribution in [2.75, 3.05) is 5.32 Å². The minimum Gasteiger partial charge on any atom is -0.451 e. The lowest BCUT2D eigenvalue weighted by Crippen LogP contribution is -2.12. The van der Waals surface area contributed by atoms with Gasteiger partial charge in [-0.05, 0) is 49.6 Å². The highest BCUT2D eigenvalue weighted by molar-refractivity contribution is 6.06. The summed E-state index contributed by atoms with van der Waals surface area (Å²) in [6.07, 6.45) is 0.964. The highest BCUT2D eigenvalue weighted by Crippen LogP contribution is 2.27. The quantitative estimate of drug-likeness (QED) is 0.749. The first-order valence-corrected chi connectivity index (χ1v) is 7.49. The summed E-state index contributed by atoms with van der Waals surface area (Å²) in [5, 5.41) is 3.93. The fourth-order valence-electron chi connectivity index (χ4n) is 2.60. The van der Waals surface area contributed by atoms with Crippen molar-refractivity contribution >= 4 is 22.6 Å². The SMILES string of the molecule is CCc1ccc2oc(C(=O)Nc3ccccc3C)c(C)c2c1. The lowest BCUT2D eigenvalue weighted by Gasteiger charge is -2.06. The summed E-state index contributed by atoms with van der Waals surface area (Å²) >= 11 is 0. The molecule has 3 aromatic rings. The molecular weight excluding hydrogens is 274 g/mol. The smallest absolute Gasteiger partial charge is 0.291 e. The third-order valence-corrected chi connectivity index (χ3v) is 4.01. The monoisotopic (exact) mass is 293 g/mol. The van der Waals surface area contributed by atoms with Gasteiger partial charge in [0.25, 0.3) is 5.91 Å². The summed E-state index contributed by atoms with van der Waals surface area (Å²) in [5.74, 6) is 0.174. The van der Waals surface area contributed by atoms with E-state index in [1.165, 1.54) is 5.56 Å². The Morgan fingerprint density at radius 1 is 1.14 bits per heavy atom. The molecule has 1 amide bonds. The molecule has 2 aromatic carbocycles. The molecule has 1 aromatic heterocycles. The molecule has 0 aliphatic rings. The molecule has 3 rings (SSSR count). The van der Waals surface area contributed by atoms with E-state index in [0.717, 1.165) is 34.2 Å². The van der Waals surface area contributed by atoms with Crippen LogP contribution >= 0.6 is 0 Å². The van der Waals surface area contributed by atoms with Gasteiger partial charge < -0.3 is 9.73 Å². The summed E-state index contributed by atoms with van der Waals surface area (Å²) in [6.45, 7) is 6.01. The number of hydrogen-bond donors (Lipinski definition) is 1. The van der Waals surface area contributed by atoms with Crippen molar-refractivity contribution in [2.24, 2.45) is 0 Å². The molecule has 0 unspecified atom stereocenters. The zero-order valence-electron chi connectivity index (χ0n) is 13.1. The maximum Gasteiger partial charge on any atom is 0.291 e. The number of para-hydroxylation sites is 1. The minimum absolute atomic E-state index is 0.207. The Morgan fingerprint density at radius 2 is 1.91 bits per heavy atom. The van der Waals surface area contributed by atoms with Gasteiger partial charge in [-0.25, -0.2) is 0 Å². The third kappa shape index (κ3) is 2.50. The normalized spacial score (nSPS) is 10.9. The number of amides is 1. The van der Waals surface area contributed by atoms with Gasteiger partial charge in [-0.15, -0.1) is 0 Å². The molecule has 112 valence electrons. The first-order chi connectivity index (χ1) is 10.6. The molecule has 0 spiro atoms. The van der Waals surface area contributed by atoms with Gasteiger partial charge in [-0.2, -0.15) is 0 Å². The highest BCUT2D eigenvalue weighted by Gasteiger charge is 2.18. The van der Waals surface area contributed by atoms with Gasteiger partial charge in [-0.3, -0.25) is 4.79 Å². The largest absolute Gasteiger partial charge is 0.451 e. The van der Waals surface area contributed by atoms with E-state index < -0.39 is 0 Å². The van der Waals surface area contributed by atoms with Gasteiger partial charge >= 0.3 is 0 Å². The van der Waals surface area contributed by atoms with Gasteiger partial charge in [0.05, 0.1) is 0 Å². The van der Waals surface area contributed by atoms with Gasteiger partial charge in [0, 0.05) is 16.6 Å². The van der Waals surface area contributed by atoms with Crippen LogP contribution in [0, 0.1) is 13.8 Å². The van der Waals surface area contributed by atoms with E-state index >= 15 is 0 Å². The zero-order chi connectivity index (χ0) is 15.7. The Kier molecular flexibility index (Phi) is 3.72. The Bertz CT molecular complexity index is 846. The van der Waals surface area contributed by atoms with E-state index in [0.29, 0.717) is 5.76 Å². The molecule has 1 N–H and O–H groups in total. The number of nitrogens with one attached hydrogen (secondary N) is 1. The van der Waals surface area contributed by atoms with Crippen molar-refractivity contribution in [3.63, 3.8) is 0 Å². The van der Waals surface area contributed by atoms with Crippen molar-refractivity contribution < 1.29 is 9.21 Å². The molecule has 0 saturated heterocycles. The first-order valence-electron chi connectivity index (χ1n) is 7.49. The second kappa shape index (κ2) is 5.68. The Labute approximate surface area is 130 Å². The summed E-state index contributed by atoms with van der Waals surface area (Å²) in [6, 6.07) is 13.8. The molecule has 22 heavy (non-hydrogen) atoms. The van der Waals surface area contributed by atoms with Crippen LogP contribution in [0.25, 0.3) is 11.0 Å². The van der Waals surface area contributed by atoms with Crippen molar-refractivity contribution in [3.05, 3.63) is 64.9 Å². The number of benzene rings is 2. The molecule has 0 fully saturated rings. The topological polar surface area (TPSA) is 42.2 Å². The number of fused-ring (bicyclic) bond motifs is 1. The molecule has 0 atom stereocenters. The predicted octanol–water partition coefficient (Wildman–Crippen LogP) is 4.86. The van der Waals surface area contributed by atoms with E-state index in [1.807, 2.05) is 50.2 Å². The van der Waals surface area contributed by atoms with Gasteiger partial charge in [-0.1, -0.05) is 31.2 Å². The lowest BCUT2D eigenvalue weighted by molar-refractivity contribution is 0.0998. The Hall–Kier alpha value is -2.55. The average molecular weight is 293 g/mol. The second-order valence-corrected chi connectivity index (χ2v) is 5.51. The van der Waals surface area contributed by atoms with Gasteiger partial charge in [0.2, 0.25) is 0 Å². The predicted molar refractivity (Wildman–Crippen MR) is 89.5 cm³/mol. The van der Waals surface area contributed by atoms with Crippen LogP contribution in [0.3, 0.4) is 0 Å². The number of anilines is 1. The molecule has 0 radical (unpaired) electrons. The number of hydrogen-bond acceptors (Lipinski definition) is 2. The summed E-state index contributed by atoms with van der Waals surface area (Å²) in [5.41, 5.74) is 4.71. The molecular formula is C19H19NO2. The van der Waals surface area contributed by atoms with E-state index in [-0.39, 0.29) is 5.91 Å². The Morgan fingerprint density at radius 3 is 2.64 bits per heavy atom. The molecule has 1 heterocycles. The van der Waals surface area contributed by atoms with Gasteiger partial charge in [0.1, 0.15) is 5.58 Å². The van der Waals surface area contributed by atoms with Crippen LogP contribution < -0.4 is 5.32 Å². The van der Waals surface area contributed by atoms with Crippen LogP contribution in [-0.2, 0) is 6.42 Å². The number of carbonyl (C=O) groups excluding carboxylic acids is 1. The van der Waals surface area contributed by atoms with Gasteiger partial charge in [0.15, 0.2) is 5.76 Å². The zero-order valence-corrected chi connectivity index (χ0v) is 13.1. The standard InChI is InChI=1S/C19H19NO2/c1-4-14-9-10-17-15(11-14)13(3)18(22-17)19(21)20-16-8-6-5-7-12(16)2/h5-11H,4H2,1-3H3,(H,20,21). The second-order valence-electron chi connectivity index (χ2n) is 5.51. The van der Waals surface area contributed by atoms with Crippen molar-refractivity contribution in [1.82, 2.24) is 0 Å². The maximum atomic E-state index is 12.5. The van der Waals surface area contributed by atoms with Crippen LogP contribution in [0.2, 0.25) is 0 Å². The van der Waals surface area contributed by atoms with Crippen molar-refractivity contribution in [1.29, 1.82) is 0 Å². The van der Waals surface area contributed by atoms with Crippen molar-refractivity contribution in [2.45, 2.75) is 27.2 Å². The number of aryl methyl sites for hydroxylation is 3. The third-order valence-electron chi connectivity index (χ3n) is 4.01. The molecule has 0 aliphatic carbocycles. The highest BCUT2D eigenvalue weighted by atomic mass is 16.3. The maximum absolute atomic E-state index is 12.5.